The molecule has 1 aliphatic carbocycles. The van der Waals surface area contributed by atoms with Gasteiger partial charge >= 0.3 is 0 Å². The number of halogens is 1. The van der Waals surface area contributed by atoms with Crippen molar-refractivity contribution in [3.8, 4) is 0 Å². The van der Waals surface area contributed by atoms with Gasteiger partial charge in [-0.1, -0.05) is 12.2 Å². The number of nitrogens with one attached hydrogen (secondary N) is 1. The minimum absolute atomic E-state index is 0.149. The maximum absolute atomic E-state index is 12.6. The van der Waals surface area contributed by atoms with Crippen LogP contribution in [0.2, 0.25) is 0 Å². The predicted molar refractivity (Wildman–Crippen MR) is 47.4 cm³/mol. The van der Waals surface area contributed by atoms with E-state index < -0.39 is 11.6 Å². The Hall–Kier alpha value is -0.710. The van der Waals surface area contributed by atoms with Crippen molar-refractivity contribution in [3.05, 3.63) is 0 Å². The third-order valence-corrected chi connectivity index (χ3v) is 2.22. The van der Waals surface area contributed by atoms with E-state index in [9.17, 15) is 9.18 Å². The van der Waals surface area contributed by atoms with E-state index in [1.165, 1.54) is 0 Å². The normalized spacial score (nSPS) is 32.7. The van der Waals surface area contributed by atoms with Gasteiger partial charge in [0.15, 0.2) is 0 Å². The molecule has 0 aliphatic heterocycles. The molecule has 2 atom stereocenters. The van der Waals surface area contributed by atoms with Crippen LogP contribution < -0.4 is 11.1 Å². The molecule has 0 aromatic heterocycles. The molecule has 1 aliphatic rings. The second-order valence-corrected chi connectivity index (χ2v) is 3.76. The molecule has 0 saturated heterocycles. The molecule has 0 bridgehead atoms. The summed E-state index contributed by atoms with van der Waals surface area (Å²) in [4.78, 5) is 11.4. The van der Waals surface area contributed by atoms with Gasteiger partial charge in [0.2, 0.25) is 5.91 Å². The van der Waals surface area contributed by atoms with E-state index in [0.29, 0.717) is 6.42 Å². The predicted octanol–water partition coefficient (Wildman–Crippen LogP) is 0.137. The lowest BCUT2D eigenvalue weighted by molar-refractivity contribution is -0.126. The monoisotopic (exact) mass is 190 g/mol. The van der Waals surface area contributed by atoms with E-state index >= 15 is 0 Å². The molecular weight excluding hydrogens is 179 g/mol. The van der Waals surface area contributed by atoms with Gasteiger partial charge in [0, 0.05) is 0 Å². The third-order valence-electron chi connectivity index (χ3n) is 2.08. The molecule has 5 heteroatoms. The smallest absolute Gasteiger partial charge is 0.229 e. The molecular formula is C7H11FN2OS. The van der Waals surface area contributed by atoms with Crippen molar-refractivity contribution >= 4 is 23.1 Å². The highest BCUT2D eigenvalue weighted by Gasteiger charge is 2.57. The summed E-state index contributed by atoms with van der Waals surface area (Å²) in [5, 5.41) is 2.47. The summed E-state index contributed by atoms with van der Waals surface area (Å²) in [6.45, 7) is 1.74. The van der Waals surface area contributed by atoms with E-state index in [2.05, 4.69) is 17.5 Å². The van der Waals surface area contributed by atoms with Gasteiger partial charge in [0.05, 0.1) is 16.9 Å². The minimum atomic E-state index is -1.01. The first-order valence-corrected chi connectivity index (χ1v) is 4.08. The van der Waals surface area contributed by atoms with Crippen molar-refractivity contribution in [3.63, 3.8) is 0 Å². The van der Waals surface area contributed by atoms with Gasteiger partial charge in [-0.15, -0.1) is 0 Å². The van der Waals surface area contributed by atoms with Crippen molar-refractivity contribution in [1.29, 1.82) is 0 Å². The first-order valence-electron chi connectivity index (χ1n) is 3.67. The number of alkyl halides is 1. The van der Waals surface area contributed by atoms with E-state index in [4.69, 9.17) is 5.73 Å². The standard InChI is InChI=1S/C7H11FN2OS/c1-7(2-4(7)8)6(11)10-3-5(9)12/h4H,2-3H2,1H3,(H2,9,12)(H,10,11). The summed E-state index contributed by atoms with van der Waals surface area (Å²) in [5.41, 5.74) is 4.33. The fraction of sp³-hybridized carbons (Fsp3) is 0.714. The van der Waals surface area contributed by atoms with Crippen molar-refractivity contribution in [2.45, 2.75) is 19.5 Å². The average Bonchev–Trinajstić information content (AvgIpc) is 2.56. The molecule has 0 aromatic carbocycles. The quantitative estimate of drug-likeness (QED) is 0.622. The first-order chi connectivity index (χ1) is 5.47. The number of thiocarbonyl (C=S) groups is 1. The van der Waals surface area contributed by atoms with Crippen LogP contribution in [0.25, 0.3) is 0 Å². The minimum Gasteiger partial charge on any atom is -0.392 e. The molecule has 68 valence electrons. The summed E-state index contributed by atoms with van der Waals surface area (Å²) in [5.74, 6) is -0.303. The zero-order valence-corrected chi connectivity index (χ0v) is 7.58. The summed E-state index contributed by atoms with van der Waals surface area (Å²) in [6, 6.07) is 0. The Bertz CT molecular complexity index is 233. The molecule has 0 spiro atoms. The summed E-state index contributed by atoms with van der Waals surface area (Å²) >= 11 is 4.56. The molecule has 1 saturated carbocycles. The number of rotatable bonds is 3. The Morgan fingerprint density at radius 3 is 2.75 bits per heavy atom. The van der Waals surface area contributed by atoms with E-state index in [-0.39, 0.29) is 17.4 Å². The van der Waals surface area contributed by atoms with Gasteiger partial charge in [-0.3, -0.25) is 4.79 Å². The van der Waals surface area contributed by atoms with E-state index in [1.54, 1.807) is 6.92 Å². The second kappa shape index (κ2) is 2.97. The molecule has 0 aromatic rings. The van der Waals surface area contributed by atoms with Crippen molar-refractivity contribution in [2.24, 2.45) is 11.1 Å². The average molecular weight is 190 g/mol. The number of amides is 1. The van der Waals surface area contributed by atoms with Crippen molar-refractivity contribution in [1.82, 2.24) is 5.32 Å². The van der Waals surface area contributed by atoms with Crippen LogP contribution >= 0.6 is 12.2 Å². The molecule has 2 unspecified atom stereocenters. The number of carbonyl (C=O) groups is 1. The lowest BCUT2D eigenvalue weighted by Crippen LogP contribution is -2.37. The van der Waals surface area contributed by atoms with Gasteiger partial charge in [0.25, 0.3) is 0 Å². The fourth-order valence-electron chi connectivity index (χ4n) is 0.918. The van der Waals surface area contributed by atoms with Crippen LogP contribution in [0.3, 0.4) is 0 Å². The lowest BCUT2D eigenvalue weighted by Gasteiger charge is -2.08. The highest BCUT2D eigenvalue weighted by Crippen LogP contribution is 2.48. The third kappa shape index (κ3) is 1.72. The number of nitrogens with two attached hydrogens (primary N) is 1. The van der Waals surface area contributed by atoms with Crippen molar-refractivity contribution in [2.75, 3.05) is 6.54 Å². The van der Waals surface area contributed by atoms with E-state index in [1.807, 2.05) is 0 Å². The van der Waals surface area contributed by atoms with Crippen LogP contribution in [0.4, 0.5) is 4.39 Å². The van der Waals surface area contributed by atoms with Gasteiger partial charge in [-0.05, 0) is 13.3 Å². The number of hydrogen-bond donors (Lipinski definition) is 2. The Kier molecular flexibility index (Phi) is 2.32. The maximum atomic E-state index is 12.6. The summed E-state index contributed by atoms with van der Waals surface area (Å²) in [7, 11) is 0. The topological polar surface area (TPSA) is 55.1 Å². The Morgan fingerprint density at radius 2 is 2.42 bits per heavy atom. The molecule has 3 N–H and O–H groups in total. The van der Waals surface area contributed by atoms with Crippen LogP contribution in [0.15, 0.2) is 0 Å². The Labute approximate surface area is 75.5 Å². The summed E-state index contributed by atoms with van der Waals surface area (Å²) < 4.78 is 12.6. The molecule has 1 amide bonds. The largest absolute Gasteiger partial charge is 0.392 e. The maximum Gasteiger partial charge on any atom is 0.229 e. The molecule has 12 heavy (non-hydrogen) atoms. The van der Waals surface area contributed by atoms with Crippen molar-refractivity contribution < 1.29 is 9.18 Å². The van der Waals surface area contributed by atoms with Crippen LogP contribution in [0, 0.1) is 5.41 Å². The van der Waals surface area contributed by atoms with Crippen LogP contribution in [-0.4, -0.2) is 23.6 Å². The highest BCUT2D eigenvalue weighted by molar-refractivity contribution is 7.80. The Balaban J connectivity index is 2.35. The highest BCUT2D eigenvalue weighted by atomic mass is 32.1. The Morgan fingerprint density at radius 1 is 1.92 bits per heavy atom. The molecule has 0 radical (unpaired) electrons. The van der Waals surface area contributed by atoms with Gasteiger partial charge in [-0.2, -0.15) is 0 Å². The van der Waals surface area contributed by atoms with Gasteiger partial charge in [0.1, 0.15) is 6.17 Å². The fourth-order valence-corrected chi connectivity index (χ4v) is 0.990. The number of carbonyl (C=O) groups excluding carboxylic acids is 1. The molecule has 1 fully saturated rings. The first kappa shape index (κ1) is 9.38. The van der Waals surface area contributed by atoms with E-state index in [0.717, 1.165) is 0 Å². The second-order valence-electron chi connectivity index (χ2n) is 3.24. The molecule has 1 rings (SSSR count). The molecule has 0 heterocycles. The lowest BCUT2D eigenvalue weighted by atomic mass is 10.1. The van der Waals surface area contributed by atoms with Crippen LogP contribution in [0.5, 0.6) is 0 Å². The van der Waals surface area contributed by atoms with Crippen LogP contribution in [0.1, 0.15) is 13.3 Å². The summed E-state index contributed by atoms with van der Waals surface area (Å²) in [6.07, 6.45) is -0.709. The van der Waals surface area contributed by atoms with Crippen LogP contribution in [-0.2, 0) is 4.79 Å². The zero-order chi connectivity index (χ0) is 9.35. The molecule has 3 nitrogen and oxygen atoms in total. The van der Waals surface area contributed by atoms with Gasteiger partial charge < -0.3 is 11.1 Å². The zero-order valence-electron chi connectivity index (χ0n) is 6.76. The number of hydrogen-bond acceptors (Lipinski definition) is 2. The van der Waals surface area contributed by atoms with Gasteiger partial charge in [-0.25, -0.2) is 4.39 Å². The SMILES string of the molecule is CC1(C(=O)NCC(N)=S)CC1F.